The van der Waals surface area contributed by atoms with Crippen molar-refractivity contribution in [1.29, 1.82) is 0 Å². The Hall–Kier alpha value is -0.440. The summed E-state index contributed by atoms with van der Waals surface area (Å²) in [5, 5.41) is 8.36. The predicted molar refractivity (Wildman–Crippen MR) is 29.0 cm³/mol. The molecule has 0 saturated heterocycles. The molecule has 0 fully saturated rings. The number of hydrogen-bond donors (Lipinski definition) is 0. The molecule has 0 bridgehead atoms. The fourth-order valence-corrected chi connectivity index (χ4v) is 0.733. The third-order valence-corrected chi connectivity index (χ3v) is 1.38. The maximum absolute atomic E-state index is 3.74. The molecule has 3 heteroatoms. The number of rotatable bonds is 1. The molecule has 0 amide bonds. The Kier molecular flexibility index (Phi) is 1.36. The summed E-state index contributed by atoms with van der Waals surface area (Å²) < 4.78 is 0. The third-order valence-electron chi connectivity index (χ3n) is 0.619. The lowest BCUT2D eigenvalue weighted by molar-refractivity contribution is 1.02. The Bertz CT molecular complexity index is 124. The van der Waals surface area contributed by atoms with Crippen LogP contribution < -0.4 is 0 Å². The third kappa shape index (κ3) is 0.962. The molecule has 2 nitrogen and oxygen atoms in total. The summed E-state index contributed by atoms with van der Waals surface area (Å²) in [6.07, 6.45) is 0.755. The van der Waals surface area contributed by atoms with Crippen molar-refractivity contribution in [2.45, 2.75) is 6.42 Å². The van der Waals surface area contributed by atoms with E-state index in [1.54, 1.807) is 5.51 Å². The van der Waals surface area contributed by atoms with Gasteiger partial charge in [0, 0.05) is 6.42 Å². The van der Waals surface area contributed by atoms with Gasteiger partial charge in [-0.15, -0.1) is 21.5 Å². The highest BCUT2D eigenvalue weighted by Gasteiger charge is 1.86. The maximum atomic E-state index is 3.74. The lowest BCUT2D eigenvalue weighted by atomic mass is 10.5. The van der Waals surface area contributed by atoms with E-state index in [-0.39, 0.29) is 0 Å². The van der Waals surface area contributed by atoms with E-state index in [1.807, 2.05) is 0 Å². The second-order valence-corrected chi connectivity index (χ2v) is 2.00. The largest absolute Gasteiger partial charge is 0.147 e. The first-order valence-corrected chi connectivity index (χ1v) is 2.85. The van der Waals surface area contributed by atoms with Crippen LogP contribution in [0.3, 0.4) is 0 Å². The van der Waals surface area contributed by atoms with Crippen molar-refractivity contribution in [3.8, 4) is 0 Å². The van der Waals surface area contributed by atoms with E-state index < -0.39 is 0 Å². The molecule has 1 aromatic heterocycles. The van der Waals surface area contributed by atoms with Crippen LogP contribution in [0.1, 0.15) is 5.01 Å². The molecule has 0 unspecified atom stereocenters. The van der Waals surface area contributed by atoms with Crippen molar-refractivity contribution in [1.82, 2.24) is 10.2 Å². The molecular formula is C4H5N2S. The van der Waals surface area contributed by atoms with Gasteiger partial charge in [0.2, 0.25) is 0 Å². The minimum Gasteiger partial charge on any atom is -0.147 e. The summed E-state index contributed by atoms with van der Waals surface area (Å²) in [7, 11) is 0. The summed E-state index contributed by atoms with van der Waals surface area (Å²) in [6, 6.07) is 0. The lowest BCUT2D eigenvalue weighted by Crippen LogP contribution is -1.74. The Labute approximate surface area is 46.2 Å². The van der Waals surface area contributed by atoms with Crippen LogP contribution >= 0.6 is 11.3 Å². The van der Waals surface area contributed by atoms with Gasteiger partial charge in [-0.2, -0.15) is 0 Å². The first-order chi connectivity index (χ1) is 3.43. The van der Waals surface area contributed by atoms with Gasteiger partial charge < -0.3 is 0 Å². The van der Waals surface area contributed by atoms with Gasteiger partial charge in [-0.05, 0) is 6.92 Å². The molecule has 0 atom stereocenters. The SMILES string of the molecule is [CH2]Cc1nncs1. The minimum absolute atomic E-state index is 0.755. The van der Waals surface area contributed by atoms with Crippen LogP contribution in [0.4, 0.5) is 0 Å². The molecule has 0 aliphatic rings. The van der Waals surface area contributed by atoms with Crippen LogP contribution in [0.2, 0.25) is 0 Å². The van der Waals surface area contributed by atoms with Crippen molar-refractivity contribution in [3.05, 3.63) is 17.4 Å². The molecule has 7 heavy (non-hydrogen) atoms. The Morgan fingerprint density at radius 1 is 1.86 bits per heavy atom. The van der Waals surface area contributed by atoms with Crippen LogP contribution in [0.15, 0.2) is 5.51 Å². The smallest absolute Gasteiger partial charge is 0.117 e. The highest BCUT2D eigenvalue weighted by molar-refractivity contribution is 7.09. The molecule has 0 aliphatic carbocycles. The second-order valence-electron chi connectivity index (χ2n) is 1.08. The zero-order valence-electron chi connectivity index (χ0n) is 3.79. The van der Waals surface area contributed by atoms with E-state index in [9.17, 15) is 0 Å². The Morgan fingerprint density at radius 2 is 2.71 bits per heavy atom. The van der Waals surface area contributed by atoms with Gasteiger partial charge in [0.05, 0.1) is 0 Å². The molecule has 1 heterocycles. The number of nitrogens with zero attached hydrogens (tertiary/aromatic N) is 2. The number of hydrogen-bond acceptors (Lipinski definition) is 3. The molecule has 0 N–H and O–H groups in total. The van der Waals surface area contributed by atoms with Crippen LogP contribution in [0.5, 0.6) is 0 Å². The second kappa shape index (κ2) is 2.02. The van der Waals surface area contributed by atoms with Crippen molar-refractivity contribution in [2.24, 2.45) is 0 Å². The normalized spacial score (nSPS) is 9.29. The highest BCUT2D eigenvalue weighted by atomic mass is 32.1. The zero-order valence-corrected chi connectivity index (χ0v) is 4.61. The quantitative estimate of drug-likeness (QED) is 0.541. The predicted octanol–water partition coefficient (Wildman–Crippen LogP) is 0.915. The lowest BCUT2D eigenvalue weighted by Gasteiger charge is -1.74. The Morgan fingerprint density at radius 3 is 3.00 bits per heavy atom. The molecule has 1 rings (SSSR count). The topological polar surface area (TPSA) is 25.8 Å². The molecule has 0 saturated carbocycles. The summed E-state index contributed by atoms with van der Waals surface area (Å²) in [6.45, 7) is 3.64. The Balaban J connectivity index is 2.76. The average Bonchev–Trinajstić information content (AvgIpc) is 2.14. The molecule has 1 radical (unpaired) electrons. The van der Waals surface area contributed by atoms with Crippen LogP contribution in [-0.2, 0) is 6.42 Å². The fourth-order valence-electron chi connectivity index (χ4n) is 0.305. The van der Waals surface area contributed by atoms with Gasteiger partial charge in [-0.3, -0.25) is 0 Å². The number of aromatic nitrogens is 2. The van der Waals surface area contributed by atoms with Gasteiger partial charge in [0.1, 0.15) is 10.5 Å². The molecule has 37 valence electrons. The molecule has 0 aromatic carbocycles. The molecular weight excluding hydrogens is 108 g/mol. The van der Waals surface area contributed by atoms with E-state index in [2.05, 4.69) is 17.1 Å². The van der Waals surface area contributed by atoms with E-state index >= 15 is 0 Å². The first kappa shape index (κ1) is 4.71. The minimum atomic E-state index is 0.755. The summed E-state index contributed by atoms with van der Waals surface area (Å²) in [5.74, 6) is 0. The zero-order chi connectivity index (χ0) is 5.11. The van der Waals surface area contributed by atoms with E-state index in [1.165, 1.54) is 11.3 Å². The maximum Gasteiger partial charge on any atom is 0.117 e. The van der Waals surface area contributed by atoms with Crippen LogP contribution in [-0.4, -0.2) is 10.2 Å². The standard InChI is InChI=1S/C4H5N2S/c1-2-4-6-5-3-7-4/h3H,1-2H2. The van der Waals surface area contributed by atoms with Gasteiger partial charge in [-0.1, -0.05) is 0 Å². The van der Waals surface area contributed by atoms with E-state index in [4.69, 9.17) is 0 Å². The highest BCUT2D eigenvalue weighted by Crippen LogP contribution is 1.99. The van der Waals surface area contributed by atoms with Crippen molar-refractivity contribution < 1.29 is 0 Å². The van der Waals surface area contributed by atoms with Crippen LogP contribution in [0, 0.1) is 6.92 Å². The summed E-state index contributed by atoms with van der Waals surface area (Å²) in [4.78, 5) is 0. The van der Waals surface area contributed by atoms with Crippen molar-refractivity contribution >= 4 is 11.3 Å². The molecule has 0 spiro atoms. The average molecular weight is 113 g/mol. The molecule has 1 aromatic rings. The van der Waals surface area contributed by atoms with Crippen molar-refractivity contribution in [3.63, 3.8) is 0 Å². The van der Waals surface area contributed by atoms with Gasteiger partial charge in [0.15, 0.2) is 0 Å². The monoisotopic (exact) mass is 113 g/mol. The van der Waals surface area contributed by atoms with E-state index in [0.29, 0.717) is 0 Å². The summed E-state index contributed by atoms with van der Waals surface area (Å²) in [5.41, 5.74) is 1.71. The first-order valence-electron chi connectivity index (χ1n) is 1.98. The fraction of sp³-hybridized carbons (Fsp3) is 0.250. The van der Waals surface area contributed by atoms with Crippen molar-refractivity contribution in [2.75, 3.05) is 0 Å². The van der Waals surface area contributed by atoms with E-state index in [0.717, 1.165) is 11.4 Å². The summed E-state index contributed by atoms with van der Waals surface area (Å²) >= 11 is 1.54. The van der Waals surface area contributed by atoms with Gasteiger partial charge in [0.25, 0.3) is 0 Å². The molecule has 0 aliphatic heterocycles. The van der Waals surface area contributed by atoms with Gasteiger partial charge >= 0.3 is 0 Å². The van der Waals surface area contributed by atoms with Crippen LogP contribution in [0.25, 0.3) is 0 Å². The van der Waals surface area contributed by atoms with Gasteiger partial charge in [-0.25, -0.2) is 0 Å².